The Morgan fingerprint density at radius 2 is 2.25 bits per heavy atom. The van der Waals surface area contributed by atoms with Gasteiger partial charge in [-0.2, -0.15) is 0 Å². The first-order valence-electron chi connectivity index (χ1n) is 6.85. The van der Waals surface area contributed by atoms with Gasteiger partial charge >= 0.3 is 0 Å². The Labute approximate surface area is 131 Å². The lowest BCUT2D eigenvalue weighted by molar-refractivity contribution is -0.0313. The zero-order chi connectivity index (χ0) is 14.3. The number of methoxy groups -OCH3 is 1. The molecule has 2 fully saturated rings. The minimum Gasteiger partial charge on any atom is -0.494 e. The van der Waals surface area contributed by atoms with Gasteiger partial charge in [-0.25, -0.2) is 0 Å². The number of nitrogens with zero attached hydrogens (tertiary/aromatic N) is 1. The van der Waals surface area contributed by atoms with Gasteiger partial charge in [-0.05, 0) is 41.6 Å². The summed E-state index contributed by atoms with van der Waals surface area (Å²) in [5.74, 6) is 1.38. The van der Waals surface area contributed by atoms with Crippen LogP contribution >= 0.6 is 27.3 Å². The molecule has 6 heteroatoms. The highest BCUT2D eigenvalue weighted by atomic mass is 79.9. The smallest absolute Gasteiger partial charge is 0.267 e. The van der Waals surface area contributed by atoms with Gasteiger partial charge in [-0.1, -0.05) is 0 Å². The molecule has 0 spiro atoms. The molecule has 1 amide bonds. The summed E-state index contributed by atoms with van der Waals surface area (Å²) in [4.78, 5) is 16.4. The molecule has 2 heterocycles. The summed E-state index contributed by atoms with van der Waals surface area (Å²) in [7, 11) is 1.61. The molecule has 1 aromatic heterocycles. The van der Waals surface area contributed by atoms with Crippen LogP contribution in [0.15, 0.2) is 4.47 Å². The minimum absolute atomic E-state index is 0.0644. The van der Waals surface area contributed by atoms with E-state index in [1.165, 1.54) is 24.2 Å². The third kappa shape index (κ3) is 2.61. The van der Waals surface area contributed by atoms with Gasteiger partial charge < -0.3 is 14.4 Å². The average Bonchev–Trinajstić information content (AvgIpc) is 3.26. The molecule has 20 heavy (non-hydrogen) atoms. The zero-order valence-corrected chi connectivity index (χ0v) is 14.1. The maximum Gasteiger partial charge on any atom is 0.267 e. The lowest BCUT2D eigenvalue weighted by Gasteiger charge is -2.33. The van der Waals surface area contributed by atoms with Crippen LogP contribution in [-0.2, 0) is 4.74 Å². The average molecular weight is 360 g/mol. The first kappa shape index (κ1) is 14.4. The highest BCUT2D eigenvalue weighted by Gasteiger charge is 2.37. The third-order valence-corrected chi connectivity index (χ3v) is 6.19. The van der Waals surface area contributed by atoms with Crippen molar-refractivity contribution < 1.29 is 14.3 Å². The molecule has 1 aliphatic heterocycles. The topological polar surface area (TPSA) is 38.8 Å². The van der Waals surface area contributed by atoms with E-state index < -0.39 is 0 Å². The Kier molecular flexibility index (Phi) is 4.06. The van der Waals surface area contributed by atoms with Crippen LogP contribution in [0, 0.1) is 12.8 Å². The predicted octanol–water partition coefficient (Wildman–Crippen LogP) is 3.08. The van der Waals surface area contributed by atoms with Crippen LogP contribution in [0.25, 0.3) is 0 Å². The normalized spacial score (nSPS) is 22.9. The maximum atomic E-state index is 12.7. The number of amides is 1. The molecular weight excluding hydrogens is 342 g/mol. The number of halogens is 1. The van der Waals surface area contributed by atoms with Crippen molar-refractivity contribution in [1.82, 2.24) is 4.90 Å². The number of thiophene rings is 1. The van der Waals surface area contributed by atoms with E-state index >= 15 is 0 Å². The summed E-state index contributed by atoms with van der Waals surface area (Å²) >= 11 is 4.98. The zero-order valence-electron chi connectivity index (χ0n) is 11.6. The van der Waals surface area contributed by atoms with Crippen molar-refractivity contribution in [2.75, 3.05) is 26.8 Å². The van der Waals surface area contributed by atoms with Crippen LogP contribution in [0.4, 0.5) is 0 Å². The Bertz CT molecular complexity index is 527. The molecule has 1 saturated heterocycles. The number of morpholine rings is 1. The van der Waals surface area contributed by atoms with E-state index in [9.17, 15) is 4.79 Å². The van der Waals surface area contributed by atoms with Gasteiger partial charge in [0, 0.05) is 18.0 Å². The lowest BCUT2D eigenvalue weighted by atomic mass is 10.2. The second kappa shape index (κ2) is 5.66. The van der Waals surface area contributed by atoms with Crippen molar-refractivity contribution in [1.29, 1.82) is 0 Å². The van der Waals surface area contributed by atoms with Crippen molar-refractivity contribution in [3.05, 3.63) is 14.2 Å². The molecule has 0 aromatic carbocycles. The van der Waals surface area contributed by atoms with Crippen LogP contribution in [0.3, 0.4) is 0 Å². The van der Waals surface area contributed by atoms with Crippen LogP contribution in [-0.4, -0.2) is 43.7 Å². The van der Waals surface area contributed by atoms with E-state index in [1.807, 2.05) is 11.8 Å². The van der Waals surface area contributed by atoms with Crippen LogP contribution in [0.5, 0.6) is 5.75 Å². The molecule has 2 aliphatic rings. The summed E-state index contributed by atoms with van der Waals surface area (Å²) in [6.45, 7) is 4.00. The first-order valence-corrected chi connectivity index (χ1v) is 8.46. The highest BCUT2D eigenvalue weighted by Crippen LogP contribution is 2.40. The third-order valence-electron chi connectivity index (χ3n) is 3.90. The van der Waals surface area contributed by atoms with E-state index in [-0.39, 0.29) is 12.0 Å². The van der Waals surface area contributed by atoms with E-state index in [2.05, 4.69) is 15.9 Å². The van der Waals surface area contributed by atoms with Gasteiger partial charge in [0.2, 0.25) is 0 Å². The second-order valence-corrected chi connectivity index (χ2v) is 7.35. The summed E-state index contributed by atoms with van der Waals surface area (Å²) in [5.41, 5.74) is 0. The molecule has 4 nitrogen and oxygen atoms in total. The first-order chi connectivity index (χ1) is 9.61. The summed E-state index contributed by atoms with van der Waals surface area (Å²) < 4.78 is 12.0. The van der Waals surface area contributed by atoms with Crippen LogP contribution < -0.4 is 4.74 Å². The highest BCUT2D eigenvalue weighted by molar-refractivity contribution is 9.10. The molecule has 0 N–H and O–H groups in total. The predicted molar refractivity (Wildman–Crippen MR) is 81.7 cm³/mol. The van der Waals surface area contributed by atoms with Gasteiger partial charge in [-0.15, -0.1) is 11.3 Å². The lowest BCUT2D eigenvalue weighted by Crippen LogP contribution is -2.46. The van der Waals surface area contributed by atoms with Crippen LogP contribution in [0.1, 0.15) is 27.4 Å². The van der Waals surface area contributed by atoms with Crippen molar-refractivity contribution in [2.24, 2.45) is 5.92 Å². The number of hydrogen-bond donors (Lipinski definition) is 0. The fourth-order valence-electron chi connectivity index (χ4n) is 2.58. The molecule has 1 aromatic rings. The second-order valence-electron chi connectivity index (χ2n) is 5.33. The number of aryl methyl sites for hydroxylation is 1. The minimum atomic E-state index is 0.0644. The molecule has 1 saturated carbocycles. The van der Waals surface area contributed by atoms with E-state index in [0.29, 0.717) is 36.2 Å². The molecule has 0 bridgehead atoms. The molecule has 0 unspecified atom stereocenters. The summed E-state index contributed by atoms with van der Waals surface area (Å²) in [5, 5.41) is 0. The number of ether oxygens (including phenoxy) is 2. The van der Waals surface area contributed by atoms with Gasteiger partial charge in [0.1, 0.15) is 4.88 Å². The number of hydrogen-bond acceptors (Lipinski definition) is 4. The Morgan fingerprint density at radius 3 is 2.90 bits per heavy atom. The molecule has 3 rings (SSSR count). The Hall–Kier alpha value is -0.590. The molecule has 0 radical (unpaired) electrons. The number of rotatable bonds is 3. The van der Waals surface area contributed by atoms with Crippen molar-refractivity contribution >= 4 is 33.2 Å². The monoisotopic (exact) mass is 359 g/mol. The quantitative estimate of drug-likeness (QED) is 0.832. The van der Waals surface area contributed by atoms with Crippen LogP contribution in [0.2, 0.25) is 0 Å². The van der Waals surface area contributed by atoms with Crippen molar-refractivity contribution in [2.45, 2.75) is 25.9 Å². The van der Waals surface area contributed by atoms with Gasteiger partial charge in [0.15, 0.2) is 5.75 Å². The Morgan fingerprint density at radius 1 is 1.50 bits per heavy atom. The standard InChI is InChI=1S/C14H18BrNO3S/c1-8-11(15)12(18-2)13(20-8)14(17)16-5-6-19-10(7-16)9-3-4-9/h9-10H,3-7H2,1-2H3/t10-/m1/s1. The number of carbonyl (C=O) groups excluding carboxylic acids is 1. The van der Waals surface area contributed by atoms with E-state index in [0.717, 1.165) is 9.35 Å². The van der Waals surface area contributed by atoms with Crippen molar-refractivity contribution in [3.8, 4) is 5.75 Å². The van der Waals surface area contributed by atoms with Gasteiger partial charge in [-0.3, -0.25) is 4.79 Å². The van der Waals surface area contributed by atoms with Crippen molar-refractivity contribution in [3.63, 3.8) is 0 Å². The Balaban J connectivity index is 1.79. The molecular formula is C14H18BrNO3S. The van der Waals surface area contributed by atoms with Gasteiger partial charge in [0.25, 0.3) is 5.91 Å². The fraction of sp³-hybridized carbons (Fsp3) is 0.643. The largest absolute Gasteiger partial charge is 0.494 e. The van der Waals surface area contributed by atoms with E-state index in [1.54, 1.807) is 7.11 Å². The molecule has 1 aliphatic carbocycles. The number of carbonyl (C=O) groups is 1. The summed E-state index contributed by atoms with van der Waals surface area (Å²) in [6.07, 6.45) is 2.70. The summed E-state index contributed by atoms with van der Waals surface area (Å²) in [6, 6.07) is 0. The molecule has 1 atom stereocenters. The maximum absolute atomic E-state index is 12.7. The SMILES string of the molecule is COc1c(C(=O)N2CCO[C@@H](C3CC3)C2)sc(C)c1Br. The van der Waals surface area contributed by atoms with E-state index in [4.69, 9.17) is 9.47 Å². The molecule has 110 valence electrons. The van der Waals surface area contributed by atoms with Gasteiger partial charge in [0.05, 0.1) is 24.3 Å². The fourth-order valence-corrected chi connectivity index (χ4v) is 4.30.